The average Bonchev–Trinajstić information content (AvgIpc) is 3.05. The van der Waals surface area contributed by atoms with Gasteiger partial charge in [0.15, 0.2) is 0 Å². The third-order valence-corrected chi connectivity index (χ3v) is 6.36. The number of benzene rings is 3. The van der Waals surface area contributed by atoms with Crippen molar-refractivity contribution in [1.82, 2.24) is 0 Å². The minimum absolute atomic E-state index is 0.762. The van der Waals surface area contributed by atoms with E-state index in [4.69, 9.17) is 11.6 Å². The fraction of sp³-hybridized carbons (Fsp3) is 0.174. The number of hydrogen-bond donors (Lipinski definition) is 0. The summed E-state index contributed by atoms with van der Waals surface area (Å²) in [6.45, 7) is 3.09. The first-order chi connectivity index (χ1) is 13.1. The highest BCUT2D eigenvalue weighted by atomic mass is 35.5. The van der Waals surface area contributed by atoms with Gasteiger partial charge in [-0.2, -0.15) is 4.57 Å². The summed E-state index contributed by atoms with van der Waals surface area (Å²) in [5, 5.41) is 4.51. The van der Waals surface area contributed by atoms with E-state index in [0.717, 1.165) is 17.1 Å². The second kappa shape index (κ2) is 7.34. The third kappa shape index (κ3) is 3.33. The standard InChI is InChI=1S/C23H22ClN2S/c1-4-26-21-14-11-16-7-5-6-8-19(16)23(21)27-22(26)15-20(24)17-9-12-18(13-10-17)25(2)3/h5-15H,4H2,1-3H3/q+1. The van der Waals surface area contributed by atoms with Gasteiger partial charge in [-0.05, 0) is 36.1 Å². The molecule has 4 aromatic rings. The van der Waals surface area contributed by atoms with Gasteiger partial charge in [0.25, 0.3) is 5.01 Å². The van der Waals surface area contributed by atoms with E-state index < -0.39 is 0 Å². The highest BCUT2D eigenvalue weighted by molar-refractivity contribution is 7.20. The van der Waals surface area contributed by atoms with Crippen molar-refractivity contribution in [2.45, 2.75) is 13.5 Å². The number of halogens is 1. The molecular weight excluding hydrogens is 372 g/mol. The Morgan fingerprint density at radius 3 is 2.48 bits per heavy atom. The van der Waals surface area contributed by atoms with E-state index >= 15 is 0 Å². The lowest BCUT2D eigenvalue weighted by molar-refractivity contribution is -0.665. The van der Waals surface area contributed by atoms with Gasteiger partial charge < -0.3 is 4.90 Å². The second-order valence-electron chi connectivity index (χ2n) is 6.75. The Balaban J connectivity index is 1.82. The van der Waals surface area contributed by atoms with Crippen LogP contribution < -0.4 is 9.47 Å². The topological polar surface area (TPSA) is 7.12 Å². The zero-order valence-corrected chi connectivity index (χ0v) is 17.3. The van der Waals surface area contributed by atoms with Gasteiger partial charge in [-0.25, -0.2) is 0 Å². The Kier molecular flexibility index (Phi) is 4.90. The van der Waals surface area contributed by atoms with Crippen molar-refractivity contribution in [3.8, 4) is 0 Å². The Hall–Kier alpha value is -2.36. The summed E-state index contributed by atoms with van der Waals surface area (Å²) in [6, 6.07) is 21.3. The summed E-state index contributed by atoms with van der Waals surface area (Å²) in [7, 11) is 4.08. The zero-order chi connectivity index (χ0) is 19.0. The Bertz CT molecular complexity index is 1140. The molecule has 0 unspecified atom stereocenters. The fourth-order valence-corrected chi connectivity index (χ4v) is 4.97. The molecular formula is C23H22ClN2S+. The van der Waals surface area contributed by atoms with Crippen LogP contribution in [-0.2, 0) is 6.54 Å². The summed E-state index contributed by atoms with van der Waals surface area (Å²) in [5.41, 5.74) is 3.47. The molecule has 0 radical (unpaired) electrons. The lowest BCUT2D eigenvalue weighted by Crippen LogP contribution is -2.33. The molecule has 3 aromatic carbocycles. The number of aryl methyl sites for hydroxylation is 1. The zero-order valence-electron chi connectivity index (χ0n) is 15.7. The van der Waals surface area contributed by atoms with Crippen LogP contribution in [0.1, 0.15) is 17.5 Å². The molecule has 0 bridgehead atoms. The van der Waals surface area contributed by atoms with Crippen molar-refractivity contribution in [3.63, 3.8) is 0 Å². The van der Waals surface area contributed by atoms with Gasteiger partial charge in [-0.1, -0.05) is 59.3 Å². The molecule has 0 fully saturated rings. The Morgan fingerprint density at radius 2 is 1.78 bits per heavy atom. The largest absolute Gasteiger partial charge is 0.378 e. The summed E-state index contributed by atoms with van der Waals surface area (Å²) >= 11 is 8.49. The molecule has 0 amide bonds. The molecule has 0 atom stereocenters. The minimum Gasteiger partial charge on any atom is -0.378 e. The van der Waals surface area contributed by atoms with Gasteiger partial charge in [0.05, 0.1) is 5.03 Å². The normalized spacial score (nSPS) is 12.1. The predicted octanol–water partition coefficient (Wildman–Crippen LogP) is 6.16. The molecule has 1 aromatic heterocycles. The molecule has 136 valence electrons. The van der Waals surface area contributed by atoms with E-state index in [1.54, 1.807) is 11.3 Å². The fourth-order valence-electron chi connectivity index (χ4n) is 3.37. The summed E-state index contributed by atoms with van der Waals surface area (Å²) in [6.07, 6.45) is 2.09. The number of thiazole rings is 1. The highest BCUT2D eigenvalue weighted by Gasteiger charge is 2.19. The van der Waals surface area contributed by atoms with E-state index in [9.17, 15) is 0 Å². The summed E-state index contributed by atoms with van der Waals surface area (Å²) in [5.74, 6) is 0. The quantitative estimate of drug-likeness (QED) is 0.376. The molecule has 2 nitrogen and oxygen atoms in total. The van der Waals surface area contributed by atoms with Crippen LogP contribution in [-0.4, -0.2) is 14.1 Å². The van der Waals surface area contributed by atoms with E-state index in [1.165, 1.54) is 31.7 Å². The molecule has 4 rings (SSSR count). The van der Waals surface area contributed by atoms with Crippen molar-refractivity contribution in [2.24, 2.45) is 0 Å². The molecule has 4 heteroatoms. The molecule has 0 spiro atoms. The van der Waals surface area contributed by atoms with Crippen molar-refractivity contribution in [2.75, 3.05) is 19.0 Å². The lowest BCUT2D eigenvalue weighted by Gasteiger charge is -2.12. The van der Waals surface area contributed by atoms with Crippen molar-refractivity contribution < 1.29 is 4.57 Å². The van der Waals surface area contributed by atoms with Gasteiger partial charge in [0.1, 0.15) is 11.2 Å². The van der Waals surface area contributed by atoms with Crippen LogP contribution in [0.4, 0.5) is 5.69 Å². The van der Waals surface area contributed by atoms with Crippen molar-refractivity contribution in [1.29, 1.82) is 0 Å². The maximum Gasteiger partial charge on any atom is 0.264 e. The van der Waals surface area contributed by atoms with E-state index in [2.05, 4.69) is 83.1 Å². The van der Waals surface area contributed by atoms with Gasteiger partial charge >= 0.3 is 0 Å². The summed E-state index contributed by atoms with van der Waals surface area (Å²) < 4.78 is 3.65. The number of aromatic nitrogens is 1. The first-order valence-electron chi connectivity index (χ1n) is 9.07. The van der Waals surface area contributed by atoms with Crippen LogP contribution >= 0.6 is 22.9 Å². The number of fused-ring (bicyclic) bond motifs is 3. The third-order valence-electron chi connectivity index (χ3n) is 4.85. The Labute approximate surface area is 168 Å². The lowest BCUT2D eigenvalue weighted by atomic mass is 10.1. The average molecular weight is 394 g/mol. The monoisotopic (exact) mass is 393 g/mol. The van der Waals surface area contributed by atoms with Gasteiger partial charge in [-0.15, -0.1) is 0 Å². The molecule has 27 heavy (non-hydrogen) atoms. The maximum atomic E-state index is 6.69. The first kappa shape index (κ1) is 18.0. The number of nitrogens with zero attached hydrogens (tertiary/aromatic N) is 2. The molecule has 0 aliphatic rings. The molecule has 0 saturated heterocycles. The number of rotatable bonds is 4. The van der Waals surface area contributed by atoms with Gasteiger partial charge in [-0.3, -0.25) is 0 Å². The highest BCUT2D eigenvalue weighted by Crippen LogP contribution is 2.32. The van der Waals surface area contributed by atoms with Crippen LogP contribution in [0.3, 0.4) is 0 Å². The van der Waals surface area contributed by atoms with Crippen LogP contribution in [0.2, 0.25) is 0 Å². The molecule has 0 N–H and O–H groups in total. The molecule has 1 heterocycles. The van der Waals surface area contributed by atoms with Gasteiger partial charge in [0.2, 0.25) is 5.52 Å². The van der Waals surface area contributed by atoms with Crippen LogP contribution in [0.15, 0.2) is 60.7 Å². The Morgan fingerprint density at radius 1 is 1.04 bits per heavy atom. The van der Waals surface area contributed by atoms with Crippen LogP contribution in [0.5, 0.6) is 0 Å². The number of hydrogen-bond acceptors (Lipinski definition) is 2. The van der Waals surface area contributed by atoms with E-state index in [-0.39, 0.29) is 0 Å². The van der Waals surface area contributed by atoms with E-state index in [0.29, 0.717) is 0 Å². The minimum atomic E-state index is 0.762. The first-order valence-corrected chi connectivity index (χ1v) is 10.3. The SMILES string of the molecule is CC[n+]1c(C=C(Cl)c2ccc(N(C)C)cc2)sc2c3ccccc3ccc21. The molecule has 0 saturated carbocycles. The molecule has 0 aliphatic heterocycles. The summed E-state index contributed by atoms with van der Waals surface area (Å²) in [4.78, 5) is 2.09. The van der Waals surface area contributed by atoms with Crippen molar-refractivity contribution in [3.05, 3.63) is 71.2 Å². The number of anilines is 1. The van der Waals surface area contributed by atoms with Gasteiger partial charge in [0, 0.05) is 37.3 Å². The maximum absolute atomic E-state index is 6.69. The van der Waals surface area contributed by atoms with Crippen molar-refractivity contribution >= 4 is 60.7 Å². The smallest absolute Gasteiger partial charge is 0.264 e. The second-order valence-corrected chi connectivity index (χ2v) is 8.19. The van der Waals surface area contributed by atoms with E-state index in [1.807, 2.05) is 14.1 Å². The molecule has 0 aliphatic carbocycles. The predicted molar refractivity (Wildman–Crippen MR) is 120 cm³/mol. The van der Waals surface area contributed by atoms with Crippen LogP contribution in [0, 0.1) is 0 Å². The van der Waals surface area contributed by atoms with Crippen LogP contribution in [0.25, 0.3) is 32.1 Å².